The van der Waals surface area contributed by atoms with E-state index in [1.165, 1.54) is 64.2 Å². The standard InChI is InChI=1S/C11H20O2.2C5H10.Zr/c1-9-5-11(7-12-3,8-13-4)6-10(9)2;2*1-2-4-5-3-1;/h9-10H,1-2,5-8H2,3-4H3;2*1-5H2;/q-2;;;+4/t9-,10-;;;/m1.../s1. The van der Waals surface area contributed by atoms with Crippen molar-refractivity contribution in [3.8, 4) is 0 Å². The van der Waals surface area contributed by atoms with Crippen molar-refractivity contribution >= 4 is 0 Å². The number of methoxy groups -OCH3 is 2. The van der Waals surface area contributed by atoms with Gasteiger partial charge in [0.25, 0.3) is 0 Å². The number of ether oxygens (including phenoxy) is 2. The van der Waals surface area contributed by atoms with Crippen LogP contribution in [0.4, 0.5) is 0 Å². The average molecular weight is 416 g/mol. The summed E-state index contributed by atoms with van der Waals surface area (Å²) < 4.78 is 10.5. The van der Waals surface area contributed by atoms with Crippen LogP contribution >= 0.6 is 0 Å². The molecule has 3 aliphatic rings. The molecule has 3 fully saturated rings. The fourth-order valence-electron chi connectivity index (χ4n) is 4.19. The van der Waals surface area contributed by atoms with Crippen LogP contribution in [0.1, 0.15) is 77.0 Å². The van der Waals surface area contributed by atoms with Gasteiger partial charge in [0.05, 0.1) is 13.2 Å². The van der Waals surface area contributed by atoms with Crippen LogP contribution in [0.2, 0.25) is 0 Å². The van der Waals surface area contributed by atoms with E-state index >= 15 is 0 Å². The van der Waals surface area contributed by atoms with Gasteiger partial charge in [0.2, 0.25) is 0 Å². The third-order valence-electron chi connectivity index (χ3n) is 5.46. The molecule has 2 nitrogen and oxygen atoms in total. The van der Waals surface area contributed by atoms with Crippen LogP contribution in [-0.4, -0.2) is 27.4 Å². The van der Waals surface area contributed by atoms with Gasteiger partial charge in [0, 0.05) is 19.6 Å². The predicted octanol–water partition coefficient (Wildman–Crippen LogP) is 5.86. The fraction of sp³-hybridized carbons (Fsp3) is 0.905. The van der Waals surface area contributed by atoms with Gasteiger partial charge in [-0.3, -0.25) is 0 Å². The molecule has 0 radical (unpaired) electrons. The molecule has 0 aromatic heterocycles. The summed E-state index contributed by atoms with van der Waals surface area (Å²) in [6.07, 6.45) is 17.1. The summed E-state index contributed by atoms with van der Waals surface area (Å²) in [6.45, 7) is 9.73. The van der Waals surface area contributed by atoms with Gasteiger partial charge in [-0.2, -0.15) is 11.8 Å². The van der Waals surface area contributed by atoms with Crippen molar-refractivity contribution < 1.29 is 35.7 Å². The van der Waals surface area contributed by atoms with E-state index in [0.29, 0.717) is 11.8 Å². The molecule has 3 aliphatic carbocycles. The third kappa shape index (κ3) is 10.1. The molecular formula is C21H40O2Zr+2. The Hall–Kier alpha value is 0.803. The Morgan fingerprint density at radius 1 is 0.667 bits per heavy atom. The van der Waals surface area contributed by atoms with Crippen LogP contribution in [0.25, 0.3) is 0 Å². The van der Waals surface area contributed by atoms with Crippen molar-refractivity contribution in [3.05, 3.63) is 13.8 Å². The molecule has 0 N–H and O–H groups in total. The number of rotatable bonds is 4. The number of hydrogen-bond acceptors (Lipinski definition) is 2. The zero-order valence-corrected chi connectivity index (χ0v) is 18.7. The van der Waals surface area contributed by atoms with E-state index in [4.69, 9.17) is 9.47 Å². The van der Waals surface area contributed by atoms with Crippen LogP contribution in [-0.2, 0) is 35.7 Å². The van der Waals surface area contributed by atoms with Gasteiger partial charge >= 0.3 is 26.2 Å². The largest absolute Gasteiger partial charge is 4.00 e. The summed E-state index contributed by atoms with van der Waals surface area (Å²) in [5.41, 5.74) is 0.169. The Morgan fingerprint density at radius 2 is 0.917 bits per heavy atom. The van der Waals surface area contributed by atoms with Gasteiger partial charge in [-0.05, 0) is 0 Å². The Balaban J connectivity index is 0.000000393. The van der Waals surface area contributed by atoms with Crippen molar-refractivity contribution in [2.75, 3.05) is 27.4 Å². The topological polar surface area (TPSA) is 18.5 Å². The third-order valence-corrected chi connectivity index (χ3v) is 5.46. The van der Waals surface area contributed by atoms with Crippen LogP contribution in [0.5, 0.6) is 0 Å². The monoisotopic (exact) mass is 414 g/mol. The predicted molar refractivity (Wildman–Crippen MR) is 99.3 cm³/mol. The first kappa shape index (κ1) is 24.8. The Labute approximate surface area is 171 Å². The Bertz CT molecular complexity index is 232. The summed E-state index contributed by atoms with van der Waals surface area (Å²) >= 11 is 0. The first-order valence-corrected chi connectivity index (χ1v) is 9.77. The van der Waals surface area contributed by atoms with Crippen molar-refractivity contribution in [1.29, 1.82) is 0 Å². The second kappa shape index (κ2) is 14.9. The molecule has 0 heterocycles. The maximum Gasteiger partial charge on any atom is 4.00 e. The van der Waals surface area contributed by atoms with Gasteiger partial charge in [-0.1, -0.05) is 77.0 Å². The van der Waals surface area contributed by atoms with Crippen molar-refractivity contribution in [2.24, 2.45) is 17.3 Å². The van der Waals surface area contributed by atoms with E-state index in [1.807, 2.05) is 0 Å². The summed E-state index contributed by atoms with van der Waals surface area (Å²) in [6, 6.07) is 0. The molecule has 138 valence electrons. The van der Waals surface area contributed by atoms with E-state index in [1.54, 1.807) is 14.2 Å². The van der Waals surface area contributed by atoms with E-state index < -0.39 is 0 Å². The molecule has 3 saturated carbocycles. The van der Waals surface area contributed by atoms with Gasteiger partial charge < -0.3 is 23.3 Å². The summed E-state index contributed by atoms with van der Waals surface area (Å²) in [7, 11) is 3.48. The molecule has 2 atom stereocenters. The maximum absolute atomic E-state index is 5.24. The van der Waals surface area contributed by atoms with Gasteiger partial charge in [0.15, 0.2) is 0 Å². The van der Waals surface area contributed by atoms with E-state index in [0.717, 1.165) is 26.1 Å². The van der Waals surface area contributed by atoms with Gasteiger partial charge in [-0.25, -0.2) is 0 Å². The molecule has 0 bridgehead atoms. The molecule has 3 rings (SSSR count). The summed E-state index contributed by atoms with van der Waals surface area (Å²) in [4.78, 5) is 0. The zero-order chi connectivity index (χ0) is 17.0. The minimum absolute atomic E-state index is 0. The second-order valence-electron chi connectivity index (χ2n) is 7.83. The van der Waals surface area contributed by atoms with E-state index in [9.17, 15) is 0 Å². The number of hydrogen-bond donors (Lipinski definition) is 0. The SMILES string of the molecule is C1CCCC1.C1CCCC1.[CH2-][C@@H]1CC(COC)(COC)C[C@H]1[CH2-].[Zr+4]. The molecule has 0 spiro atoms. The molecular weight excluding hydrogens is 375 g/mol. The summed E-state index contributed by atoms with van der Waals surface area (Å²) in [5.74, 6) is 0.899. The maximum atomic E-state index is 5.24. The normalized spacial score (nSPS) is 27.5. The molecule has 0 aromatic carbocycles. The fourth-order valence-corrected chi connectivity index (χ4v) is 4.19. The quantitative estimate of drug-likeness (QED) is 0.535. The molecule has 0 amide bonds. The summed E-state index contributed by atoms with van der Waals surface area (Å²) in [5, 5.41) is 0. The average Bonchev–Trinajstić information content (AvgIpc) is 3.27. The van der Waals surface area contributed by atoms with Crippen LogP contribution in [0, 0.1) is 31.1 Å². The molecule has 0 saturated heterocycles. The van der Waals surface area contributed by atoms with Crippen molar-refractivity contribution in [1.82, 2.24) is 0 Å². The van der Waals surface area contributed by atoms with Gasteiger partial charge in [0.1, 0.15) is 0 Å². The zero-order valence-electron chi connectivity index (χ0n) is 16.3. The molecule has 0 aromatic rings. The first-order valence-electron chi connectivity index (χ1n) is 9.77. The van der Waals surface area contributed by atoms with E-state index in [-0.39, 0.29) is 31.6 Å². The minimum atomic E-state index is 0. The molecule has 24 heavy (non-hydrogen) atoms. The molecule has 3 heteroatoms. The van der Waals surface area contributed by atoms with Crippen molar-refractivity contribution in [3.63, 3.8) is 0 Å². The van der Waals surface area contributed by atoms with Crippen molar-refractivity contribution in [2.45, 2.75) is 77.0 Å². The Kier molecular flexibility index (Phi) is 15.4. The second-order valence-corrected chi connectivity index (χ2v) is 7.83. The molecule has 0 aliphatic heterocycles. The van der Waals surface area contributed by atoms with Crippen LogP contribution < -0.4 is 0 Å². The van der Waals surface area contributed by atoms with Gasteiger partial charge in [-0.15, -0.1) is 0 Å². The van der Waals surface area contributed by atoms with Crippen LogP contribution in [0.3, 0.4) is 0 Å². The minimum Gasteiger partial charge on any atom is -0.384 e. The van der Waals surface area contributed by atoms with E-state index in [2.05, 4.69) is 13.8 Å². The molecule has 0 unspecified atom stereocenters. The first-order chi connectivity index (χ1) is 11.1. The smallest absolute Gasteiger partial charge is 0.384 e. The Morgan fingerprint density at radius 3 is 1.12 bits per heavy atom. The van der Waals surface area contributed by atoms with Crippen LogP contribution in [0.15, 0.2) is 0 Å².